The van der Waals surface area contributed by atoms with Gasteiger partial charge in [0, 0.05) is 5.39 Å². The van der Waals surface area contributed by atoms with Gasteiger partial charge < -0.3 is 5.73 Å². The number of amides is 1. The third kappa shape index (κ3) is 3.19. The molecule has 0 saturated carbocycles. The number of aromatic nitrogens is 1. The minimum Gasteiger partial charge on any atom is -0.369 e. The molecule has 100 valence electrons. The number of carbonyl (C=O) groups is 1. The number of fused-ring (bicyclic) bond motifs is 1. The molecule has 0 fully saturated rings. The summed E-state index contributed by atoms with van der Waals surface area (Å²) >= 11 is 5.74. The maximum absolute atomic E-state index is 11.9. The average Bonchev–Trinajstić information content (AvgIpc) is 2.36. The molecule has 0 aliphatic carbocycles. The molecule has 2 aromatic rings. The SMILES string of the molecule is NC(=O)CNS(=O)(=O)c1ccc2nc(Cl)ccc2c1. The van der Waals surface area contributed by atoms with E-state index in [1.165, 1.54) is 12.1 Å². The van der Waals surface area contributed by atoms with Crippen LogP contribution in [0.3, 0.4) is 0 Å². The monoisotopic (exact) mass is 299 g/mol. The number of hydrogen-bond acceptors (Lipinski definition) is 4. The first-order chi connectivity index (χ1) is 8.88. The molecule has 1 aromatic heterocycles. The predicted molar refractivity (Wildman–Crippen MR) is 71.1 cm³/mol. The topological polar surface area (TPSA) is 102 Å². The molecule has 0 aliphatic heterocycles. The number of halogens is 1. The molecule has 0 radical (unpaired) electrons. The van der Waals surface area contributed by atoms with Crippen molar-refractivity contribution in [2.24, 2.45) is 5.73 Å². The molecule has 1 aromatic carbocycles. The number of rotatable bonds is 4. The Balaban J connectivity index is 2.40. The van der Waals surface area contributed by atoms with E-state index in [9.17, 15) is 13.2 Å². The Labute approximate surface area is 114 Å². The Kier molecular flexibility index (Phi) is 3.70. The molecule has 0 atom stereocenters. The molecular weight excluding hydrogens is 290 g/mol. The van der Waals surface area contributed by atoms with Crippen molar-refractivity contribution in [3.05, 3.63) is 35.5 Å². The van der Waals surface area contributed by atoms with Crippen molar-refractivity contribution in [2.75, 3.05) is 6.54 Å². The fourth-order valence-electron chi connectivity index (χ4n) is 1.50. The zero-order valence-corrected chi connectivity index (χ0v) is 11.2. The number of hydrogen-bond donors (Lipinski definition) is 2. The van der Waals surface area contributed by atoms with Gasteiger partial charge in [-0.15, -0.1) is 0 Å². The van der Waals surface area contributed by atoms with Crippen molar-refractivity contribution in [1.82, 2.24) is 9.71 Å². The largest absolute Gasteiger partial charge is 0.369 e. The van der Waals surface area contributed by atoms with Gasteiger partial charge in [0.2, 0.25) is 15.9 Å². The van der Waals surface area contributed by atoms with Gasteiger partial charge in [0.1, 0.15) is 5.15 Å². The lowest BCUT2D eigenvalue weighted by Crippen LogP contribution is -2.33. The number of nitrogens with two attached hydrogens (primary N) is 1. The maximum atomic E-state index is 11.9. The van der Waals surface area contributed by atoms with Crippen molar-refractivity contribution < 1.29 is 13.2 Å². The lowest BCUT2D eigenvalue weighted by molar-refractivity contribution is -0.116. The molecule has 19 heavy (non-hydrogen) atoms. The van der Waals surface area contributed by atoms with Crippen LogP contribution in [0, 0.1) is 0 Å². The number of primary amides is 1. The normalized spacial score (nSPS) is 11.6. The molecule has 3 N–H and O–H groups in total. The highest BCUT2D eigenvalue weighted by Gasteiger charge is 2.15. The van der Waals surface area contributed by atoms with Gasteiger partial charge in [-0.3, -0.25) is 4.79 Å². The quantitative estimate of drug-likeness (QED) is 0.809. The van der Waals surface area contributed by atoms with E-state index in [2.05, 4.69) is 9.71 Å². The summed E-state index contributed by atoms with van der Waals surface area (Å²) in [6, 6.07) is 7.60. The zero-order valence-electron chi connectivity index (χ0n) is 9.63. The summed E-state index contributed by atoms with van der Waals surface area (Å²) in [5, 5.41) is 0.960. The highest BCUT2D eigenvalue weighted by molar-refractivity contribution is 7.89. The predicted octanol–water partition coefficient (Wildman–Crippen LogP) is 0.652. The molecule has 0 aliphatic rings. The number of nitrogens with one attached hydrogen (secondary N) is 1. The molecule has 0 spiro atoms. The summed E-state index contributed by atoms with van der Waals surface area (Å²) in [7, 11) is -3.77. The maximum Gasteiger partial charge on any atom is 0.241 e. The Morgan fingerprint density at radius 2 is 2.05 bits per heavy atom. The van der Waals surface area contributed by atoms with Gasteiger partial charge in [0.05, 0.1) is 17.0 Å². The van der Waals surface area contributed by atoms with Gasteiger partial charge in [-0.05, 0) is 30.3 Å². The molecule has 2 rings (SSSR count). The summed E-state index contributed by atoms with van der Waals surface area (Å²) in [5.41, 5.74) is 5.48. The van der Waals surface area contributed by atoms with Crippen LogP contribution in [0.25, 0.3) is 10.9 Å². The van der Waals surface area contributed by atoms with Crippen LogP contribution in [0.2, 0.25) is 5.15 Å². The minimum absolute atomic E-state index is 0.0328. The van der Waals surface area contributed by atoms with Crippen LogP contribution in [-0.2, 0) is 14.8 Å². The first kappa shape index (κ1) is 13.7. The first-order valence-electron chi connectivity index (χ1n) is 5.23. The highest BCUT2D eigenvalue weighted by Crippen LogP contribution is 2.19. The van der Waals surface area contributed by atoms with Crippen molar-refractivity contribution >= 4 is 38.4 Å². The summed E-state index contributed by atoms with van der Waals surface area (Å²) < 4.78 is 25.9. The smallest absolute Gasteiger partial charge is 0.241 e. The van der Waals surface area contributed by atoms with E-state index < -0.39 is 22.5 Å². The van der Waals surface area contributed by atoms with Crippen molar-refractivity contribution in [3.63, 3.8) is 0 Å². The Bertz CT molecular complexity index is 746. The van der Waals surface area contributed by atoms with Gasteiger partial charge in [-0.25, -0.2) is 18.1 Å². The summed E-state index contributed by atoms with van der Waals surface area (Å²) in [4.78, 5) is 14.7. The van der Waals surface area contributed by atoms with E-state index in [0.29, 0.717) is 16.1 Å². The van der Waals surface area contributed by atoms with E-state index in [1.54, 1.807) is 18.2 Å². The van der Waals surface area contributed by atoms with Crippen LogP contribution in [0.15, 0.2) is 35.2 Å². The molecular formula is C11H10ClN3O3S. The van der Waals surface area contributed by atoms with E-state index in [-0.39, 0.29) is 4.90 Å². The fraction of sp³-hybridized carbons (Fsp3) is 0.0909. The number of benzene rings is 1. The third-order valence-corrected chi connectivity index (χ3v) is 3.98. The Hall–Kier alpha value is -1.70. The lowest BCUT2D eigenvalue weighted by atomic mass is 10.2. The fourth-order valence-corrected chi connectivity index (χ4v) is 2.68. The van der Waals surface area contributed by atoms with E-state index in [0.717, 1.165) is 0 Å². The second-order valence-corrected chi connectivity index (χ2v) is 5.93. The van der Waals surface area contributed by atoms with Crippen LogP contribution in [0.1, 0.15) is 0 Å². The van der Waals surface area contributed by atoms with E-state index in [1.807, 2.05) is 0 Å². The van der Waals surface area contributed by atoms with Crippen LogP contribution < -0.4 is 10.5 Å². The number of pyridine rings is 1. The second kappa shape index (κ2) is 5.12. The van der Waals surface area contributed by atoms with Crippen molar-refractivity contribution in [3.8, 4) is 0 Å². The molecule has 0 bridgehead atoms. The van der Waals surface area contributed by atoms with Gasteiger partial charge in [0.25, 0.3) is 0 Å². The molecule has 1 heterocycles. The molecule has 6 nitrogen and oxygen atoms in total. The molecule has 1 amide bonds. The number of carbonyl (C=O) groups excluding carboxylic acids is 1. The first-order valence-corrected chi connectivity index (χ1v) is 7.09. The van der Waals surface area contributed by atoms with Gasteiger partial charge in [0.15, 0.2) is 0 Å². The van der Waals surface area contributed by atoms with E-state index >= 15 is 0 Å². The number of sulfonamides is 1. The van der Waals surface area contributed by atoms with Crippen molar-refractivity contribution in [2.45, 2.75) is 4.90 Å². The van der Waals surface area contributed by atoms with Crippen LogP contribution >= 0.6 is 11.6 Å². The van der Waals surface area contributed by atoms with E-state index in [4.69, 9.17) is 17.3 Å². The Morgan fingerprint density at radius 3 is 2.74 bits per heavy atom. The van der Waals surface area contributed by atoms with Gasteiger partial charge >= 0.3 is 0 Å². The third-order valence-electron chi connectivity index (χ3n) is 2.37. The van der Waals surface area contributed by atoms with Crippen LogP contribution in [0.4, 0.5) is 0 Å². The molecule has 0 unspecified atom stereocenters. The minimum atomic E-state index is -3.77. The Morgan fingerprint density at radius 1 is 1.32 bits per heavy atom. The summed E-state index contributed by atoms with van der Waals surface area (Å²) in [6.07, 6.45) is 0. The van der Waals surface area contributed by atoms with Gasteiger partial charge in [-0.2, -0.15) is 0 Å². The second-order valence-electron chi connectivity index (χ2n) is 3.78. The lowest BCUT2D eigenvalue weighted by Gasteiger charge is -2.06. The van der Waals surface area contributed by atoms with Crippen molar-refractivity contribution in [1.29, 1.82) is 0 Å². The standard InChI is InChI=1S/C11H10ClN3O3S/c12-10-4-1-7-5-8(2-3-9(7)15-10)19(17,18)14-6-11(13)16/h1-5,14H,6H2,(H2,13,16). The number of nitrogens with zero attached hydrogens (tertiary/aromatic N) is 1. The molecule has 0 saturated heterocycles. The molecule has 8 heteroatoms. The zero-order chi connectivity index (χ0) is 14.0. The summed E-state index contributed by atoms with van der Waals surface area (Å²) in [5.74, 6) is -0.752. The average molecular weight is 300 g/mol. The van der Waals surface area contributed by atoms with Crippen LogP contribution in [0.5, 0.6) is 0 Å². The highest BCUT2D eigenvalue weighted by atomic mass is 35.5. The summed E-state index contributed by atoms with van der Waals surface area (Å²) in [6.45, 7) is -0.445. The van der Waals surface area contributed by atoms with Gasteiger partial charge in [-0.1, -0.05) is 11.6 Å². The van der Waals surface area contributed by atoms with Crippen LogP contribution in [-0.4, -0.2) is 25.9 Å².